The van der Waals surface area contributed by atoms with Gasteiger partial charge in [0.2, 0.25) is 0 Å². The van der Waals surface area contributed by atoms with Crippen LogP contribution < -0.4 is 22.1 Å². The summed E-state index contributed by atoms with van der Waals surface area (Å²) in [7, 11) is 0. The molecule has 0 spiro atoms. The van der Waals surface area contributed by atoms with Crippen molar-refractivity contribution in [3.8, 4) is 0 Å². The highest BCUT2D eigenvalue weighted by Crippen LogP contribution is 2.05. The Bertz CT molecular complexity index is 372. The summed E-state index contributed by atoms with van der Waals surface area (Å²) in [6.45, 7) is 3.29. The lowest BCUT2D eigenvalue weighted by molar-refractivity contribution is -0.122. The zero-order valence-corrected chi connectivity index (χ0v) is 9.18. The Labute approximate surface area is 95.8 Å². The summed E-state index contributed by atoms with van der Waals surface area (Å²) in [5.41, 5.74) is 8.14. The quantitative estimate of drug-likeness (QED) is 0.323. The van der Waals surface area contributed by atoms with Gasteiger partial charge in [-0.2, -0.15) is 0 Å². The molecule has 0 radical (unpaired) electrons. The Morgan fingerprint density at radius 2 is 1.53 bits per heavy atom. The summed E-state index contributed by atoms with van der Waals surface area (Å²) in [6, 6.07) is -2.49. The van der Waals surface area contributed by atoms with Gasteiger partial charge in [-0.3, -0.25) is 10.1 Å². The molecule has 0 bridgehead atoms. The smallest absolute Gasteiger partial charge is 0.348 e. The molecule has 10 heteroatoms. The first-order valence-electron chi connectivity index (χ1n) is 4.29. The highest BCUT2D eigenvalue weighted by molar-refractivity contribution is 6.06. The third-order valence-corrected chi connectivity index (χ3v) is 1.47. The first-order chi connectivity index (χ1) is 7.65. The summed E-state index contributed by atoms with van der Waals surface area (Å²) in [6.07, 6.45) is 0. The van der Waals surface area contributed by atoms with Gasteiger partial charge in [-0.25, -0.2) is 14.4 Å². The number of carbonyl (C=O) groups excluding carboxylic acids is 4. The summed E-state index contributed by atoms with van der Waals surface area (Å²) in [4.78, 5) is 40.5. The van der Waals surface area contributed by atoms with E-state index in [4.69, 9.17) is 0 Å². The van der Waals surface area contributed by atoms with Gasteiger partial charge in [0.15, 0.2) is 0 Å². The SMILES string of the molecule is CC1(C)NC(=O)NC1=O.NC(=O)N=NC(N)=O. The number of rotatable bonds is 0. The van der Waals surface area contributed by atoms with Crippen molar-refractivity contribution < 1.29 is 19.2 Å². The predicted molar refractivity (Wildman–Crippen MR) is 54.8 cm³/mol. The topological polar surface area (TPSA) is 169 Å². The molecule has 17 heavy (non-hydrogen) atoms. The minimum absolute atomic E-state index is 0.271. The standard InChI is InChI=1S/C5H8N2O2.C2H4N4O2/c1-5(2)3(8)6-4(9)7-5;3-1(7)5-6-2(4)8/h1-2H3,(H2,6,7,8,9);(H2,3,7)(H2,4,8). The second-order valence-corrected chi connectivity index (χ2v) is 3.41. The van der Waals surface area contributed by atoms with Gasteiger partial charge in [0.05, 0.1) is 0 Å². The van der Waals surface area contributed by atoms with Crippen molar-refractivity contribution in [2.45, 2.75) is 19.4 Å². The molecule has 1 heterocycles. The number of azo groups is 1. The van der Waals surface area contributed by atoms with Crippen molar-refractivity contribution >= 4 is 24.0 Å². The number of nitrogens with zero attached hydrogens (tertiary/aromatic N) is 2. The fourth-order valence-electron chi connectivity index (χ4n) is 0.730. The number of urea groups is 3. The van der Waals surface area contributed by atoms with Crippen LogP contribution >= 0.6 is 0 Å². The molecule has 0 atom stereocenters. The molecule has 10 nitrogen and oxygen atoms in total. The van der Waals surface area contributed by atoms with Crippen LogP contribution in [0.2, 0.25) is 0 Å². The zero-order chi connectivity index (χ0) is 13.6. The number of carbonyl (C=O) groups is 4. The molecule has 6 N–H and O–H groups in total. The predicted octanol–water partition coefficient (Wildman–Crippen LogP) is -0.800. The Hall–Kier alpha value is -2.52. The first kappa shape index (κ1) is 14.5. The maximum Gasteiger partial charge on any atom is 0.357 e. The maximum absolute atomic E-state index is 10.7. The summed E-state index contributed by atoms with van der Waals surface area (Å²) >= 11 is 0. The van der Waals surface area contributed by atoms with Gasteiger partial charge in [0.1, 0.15) is 5.54 Å². The Morgan fingerprint density at radius 3 is 1.65 bits per heavy atom. The van der Waals surface area contributed by atoms with E-state index >= 15 is 0 Å². The van der Waals surface area contributed by atoms with E-state index in [1.165, 1.54) is 0 Å². The van der Waals surface area contributed by atoms with Crippen LogP contribution in [-0.2, 0) is 4.79 Å². The third-order valence-electron chi connectivity index (χ3n) is 1.47. The van der Waals surface area contributed by atoms with Crippen LogP contribution in [0.1, 0.15) is 13.8 Å². The Morgan fingerprint density at radius 1 is 1.12 bits per heavy atom. The molecular weight excluding hydrogens is 232 g/mol. The molecule has 0 aliphatic carbocycles. The van der Waals surface area contributed by atoms with Crippen LogP contribution in [0.25, 0.3) is 0 Å². The van der Waals surface area contributed by atoms with E-state index < -0.39 is 23.6 Å². The molecule has 0 aromatic rings. The molecule has 0 unspecified atom stereocenters. The van der Waals surface area contributed by atoms with Crippen LogP contribution in [0.15, 0.2) is 10.2 Å². The minimum Gasteiger partial charge on any atom is -0.348 e. The van der Waals surface area contributed by atoms with E-state index in [9.17, 15) is 19.2 Å². The largest absolute Gasteiger partial charge is 0.357 e. The highest BCUT2D eigenvalue weighted by atomic mass is 16.2. The van der Waals surface area contributed by atoms with E-state index in [1.54, 1.807) is 13.8 Å². The van der Waals surface area contributed by atoms with E-state index in [0.29, 0.717) is 0 Å². The van der Waals surface area contributed by atoms with Crippen LogP contribution in [0.5, 0.6) is 0 Å². The first-order valence-corrected chi connectivity index (χ1v) is 4.29. The van der Waals surface area contributed by atoms with E-state index in [1.807, 2.05) is 0 Å². The van der Waals surface area contributed by atoms with Gasteiger partial charge in [-0.05, 0) is 13.8 Å². The molecule has 0 aromatic heterocycles. The molecular formula is C7H12N6O4. The van der Waals surface area contributed by atoms with Crippen molar-refractivity contribution in [1.29, 1.82) is 0 Å². The number of amides is 7. The monoisotopic (exact) mass is 244 g/mol. The fourth-order valence-corrected chi connectivity index (χ4v) is 0.730. The second-order valence-electron chi connectivity index (χ2n) is 3.41. The minimum atomic E-state index is -1.04. The lowest BCUT2D eigenvalue weighted by atomic mass is 10.1. The number of hydrogen-bond donors (Lipinski definition) is 4. The molecule has 1 saturated heterocycles. The molecule has 1 aliphatic heterocycles. The van der Waals surface area contributed by atoms with Crippen molar-refractivity contribution in [2.24, 2.45) is 21.7 Å². The molecule has 1 fully saturated rings. The van der Waals surface area contributed by atoms with Gasteiger partial charge in [0.25, 0.3) is 5.91 Å². The van der Waals surface area contributed by atoms with Gasteiger partial charge >= 0.3 is 18.1 Å². The molecule has 7 amide bonds. The number of hydrogen-bond acceptors (Lipinski definition) is 4. The van der Waals surface area contributed by atoms with Crippen LogP contribution in [0.3, 0.4) is 0 Å². The van der Waals surface area contributed by atoms with Crippen LogP contribution in [0, 0.1) is 0 Å². The second kappa shape index (κ2) is 5.53. The lowest BCUT2D eigenvalue weighted by Crippen LogP contribution is -2.39. The fraction of sp³-hybridized carbons (Fsp3) is 0.429. The van der Waals surface area contributed by atoms with Gasteiger partial charge in [0, 0.05) is 0 Å². The normalized spacial score (nSPS) is 16.8. The Kier molecular flexibility index (Phi) is 4.71. The number of nitrogens with two attached hydrogens (primary N) is 2. The highest BCUT2D eigenvalue weighted by Gasteiger charge is 2.36. The molecule has 0 saturated carbocycles. The van der Waals surface area contributed by atoms with Gasteiger partial charge in [-0.15, -0.1) is 0 Å². The molecule has 0 aromatic carbocycles. The van der Waals surface area contributed by atoms with E-state index in [-0.39, 0.29) is 5.91 Å². The van der Waals surface area contributed by atoms with Gasteiger partial charge in [-0.1, -0.05) is 10.2 Å². The van der Waals surface area contributed by atoms with Gasteiger partial charge < -0.3 is 16.8 Å². The van der Waals surface area contributed by atoms with Crippen LogP contribution in [0.4, 0.5) is 14.4 Å². The summed E-state index contributed by atoms with van der Waals surface area (Å²) in [5, 5.41) is 9.79. The van der Waals surface area contributed by atoms with Crippen molar-refractivity contribution in [3.63, 3.8) is 0 Å². The average molecular weight is 244 g/mol. The van der Waals surface area contributed by atoms with E-state index in [2.05, 4.69) is 32.3 Å². The lowest BCUT2D eigenvalue weighted by Gasteiger charge is -2.11. The average Bonchev–Trinajstić information content (AvgIpc) is 2.36. The summed E-state index contributed by atoms with van der Waals surface area (Å²) < 4.78 is 0. The van der Waals surface area contributed by atoms with Crippen molar-refractivity contribution in [1.82, 2.24) is 10.6 Å². The molecule has 94 valence electrons. The summed E-state index contributed by atoms with van der Waals surface area (Å²) in [5.74, 6) is -0.271. The van der Waals surface area contributed by atoms with Crippen LogP contribution in [-0.4, -0.2) is 29.5 Å². The number of primary amides is 2. The third kappa shape index (κ3) is 5.81. The zero-order valence-electron chi connectivity index (χ0n) is 9.18. The maximum atomic E-state index is 10.7. The van der Waals surface area contributed by atoms with E-state index in [0.717, 1.165) is 0 Å². The van der Waals surface area contributed by atoms with Crippen molar-refractivity contribution in [2.75, 3.05) is 0 Å². The molecule has 1 rings (SSSR count). The Balaban J connectivity index is 0.000000304. The van der Waals surface area contributed by atoms with Crippen molar-refractivity contribution in [3.05, 3.63) is 0 Å². The molecule has 1 aliphatic rings. The number of imide groups is 1. The number of nitrogens with one attached hydrogen (secondary N) is 2.